The first-order chi connectivity index (χ1) is 18.5. The van der Waals surface area contributed by atoms with Crippen LogP contribution in [0.3, 0.4) is 0 Å². The molecule has 0 spiro atoms. The third kappa shape index (κ3) is 7.84. The van der Waals surface area contributed by atoms with Gasteiger partial charge in [0.15, 0.2) is 0 Å². The lowest BCUT2D eigenvalue weighted by Gasteiger charge is -2.11. The number of rotatable bonds is 11. The highest BCUT2D eigenvalue weighted by atomic mass is 16.5. The third-order valence-corrected chi connectivity index (χ3v) is 5.34. The number of benzene rings is 2. The number of hydrogen-bond donors (Lipinski definition) is 3. The Balaban J connectivity index is 1.38. The van der Waals surface area contributed by atoms with E-state index in [4.69, 9.17) is 4.74 Å². The Morgan fingerprint density at radius 1 is 0.921 bits per heavy atom. The van der Waals surface area contributed by atoms with Crippen LogP contribution in [0.5, 0.6) is 11.5 Å². The largest absolute Gasteiger partial charge is 0.457 e. The molecule has 0 saturated heterocycles. The van der Waals surface area contributed by atoms with Gasteiger partial charge in [0.05, 0.1) is 11.7 Å². The van der Waals surface area contributed by atoms with Crippen LogP contribution in [0, 0.1) is 0 Å². The first-order valence-electron chi connectivity index (χ1n) is 12.1. The van der Waals surface area contributed by atoms with E-state index in [9.17, 15) is 9.59 Å². The Morgan fingerprint density at radius 3 is 2.42 bits per heavy atom. The molecule has 0 saturated carbocycles. The van der Waals surface area contributed by atoms with E-state index in [1.54, 1.807) is 12.3 Å². The van der Waals surface area contributed by atoms with E-state index in [1.165, 1.54) is 18.5 Å². The van der Waals surface area contributed by atoms with Crippen molar-refractivity contribution in [2.45, 2.75) is 6.42 Å². The quantitative estimate of drug-likeness (QED) is 0.203. The van der Waals surface area contributed by atoms with Gasteiger partial charge in [0, 0.05) is 29.8 Å². The molecule has 0 atom stereocenters. The molecule has 2 aromatic heterocycles. The fraction of sp³-hybridized carbons (Fsp3) is 0.179. The molecule has 38 heavy (non-hydrogen) atoms. The zero-order chi connectivity index (χ0) is 26.7. The zero-order valence-corrected chi connectivity index (χ0v) is 21.2. The summed E-state index contributed by atoms with van der Waals surface area (Å²) in [5.74, 6) is 1.53. The molecule has 4 rings (SSSR count). The number of aromatic nitrogens is 3. The first kappa shape index (κ1) is 26.2. The second-order valence-electron chi connectivity index (χ2n) is 8.64. The third-order valence-electron chi connectivity index (χ3n) is 5.34. The van der Waals surface area contributed by atoms with Gasteiger partial charge in [0.2, 0.25) is 11.8 Å². The van der Waals surface area contributed by atoms with Crippen molar-refractivity contribution >= 4 is 40.0 Å². The van der Waals surface area contributed by atoms with E-state index in [2.05, 4.69) is 30.9 Å². The van der Waals surface area contributed by atoms with Crippen molar-refractivity contribution in [3.63, 3.8) is 0 Å². The molecule has 0 unspecified atom stereocenters. The van der Waals surface area contributed by atoms with Gasteiger partial charge in [0.25, 0.3) is 0 Å². The highest BCUT2D eigenvalue weighted by Gasteiger charge is 2.09. The molecule has 10 heteroatoms. The van der Waals surface area contributed by atoms with E-state index in [0.29, 0.717) is 34.8 Å². The van der Waals surface area contributed by atoms with Crippen molar-refractivity contribution in [1.29, 1.82) is 0 Å². The molecule has 3 N–H and O–H groups in total. The summed E-state index contributed by atoms with van der Waals surface area (Å²) in [5.41, 5.74) is 1.41. The molecule has 0 aliphatic rings. The summed E-state index contributed by atoms with van der Waals surface area (Å²) in [5, 5.41) is 9.36. The first-order valence-corrected chi connectivity index (χ1v) is 12.1. The number of nitrogens with one attached hydrogen (secondary N) is 3. The molecule has 0 aliphatic heterocycles. The van der Waals surface area contributed by atoms with Gasteiger partial charge in [-0.3, -0.25) is 9.59 Å². The minimum Gasteiger partial charge on any atom is -0.457 e. The van der Waals surface area contributed by atoms with Crippen molar-refractivity contribution < 1.29 is 14.3 Å². The Hall–Kier alpha value is -4.83. The molecule has 2 aromatic carbocycles. The molecule has 4 aromatic rings. The highest BCUT2D eigenvalue weighted by Crippen LogP contribution is 2.27. The zero-order valence-electron chi connectivity index (χ0n) is 21.2. The molecule has 0 radical (unpaired) electrons. The number of carbonyl (C=O) groups excluding carboxylic acids is 2. The number of para-hydroxylation sites is 1. The Kier molecular flexibility index (Phi) is 8.93. The topological polar surface area (TPSA) is 121 Å². The maximum atomic E-state index is 12.3. The van der Waals surface area contributed by atoms with Crippen LogP contribution in [0.4, 0.5) is 17.3 Å². The minimum atomic E-state index is -0.472. The lowest BCUT2D eigenvalue weighted by molar-refractivity contribution is -0.117. The number of anilines is 3. The van der Waals surface area contributed by atoms with Crippen LogP contribution in [0.1, 0.15) is 6.42 Å². The van der Waals surface area contributed by atoms with Gasteiger partial charge in [0.1, 0.15) is 29.5 Å². The summed E-state index contributed by atoms with van der Waals surface area (Å²) in [4.78, 5) is 39.1. The maximum Gasteiger partial charge on any atom is 0.249 e. The number of carbonyl (C=O) groups is 2. The van der Waals surface area contributed by atoms with Crippen molar-refractivity contribution in [2.75, 3.05) is 37.8 Å². The standard InChI is InChI=1S/C28H29N7O3/c1-35(2)16-6-15-29-26(36)13-14-27(37)34-25-17-23-24(18-30-25)31-19-32-28(23)33-20-9-11-22(12-10-20)38-21-7-4-3-5-8-21/h3-5,7-14,17-19H,6,15-16H2,1-2H3,(H,29,36)(H,30,34,37)(H,31,32,33). The van der Waals surface area contributed by atoms with Crippen LogP contribution in [-0.2, 0) is 9.59 Å². The number of pyridine rings is 1. The minimum absolute atomic E-state index is 0.308. The van der Waals surface area contributed by atoms with Gasteiger partial charge in [-0.2, -0.15) is 0 Å². The predicted molar refractivity (Wildman–Crippen MR) is 148 cm³/mol. The molecule has 2 amide bonds. The number of ether oxygens (including phenoxy) is 1. The predicted octanol–water partition coefficient (Wildman–Crippen LogP) is 4.12. The van der Waals surface area contributed by atoms with Gasteiger partial charge in [-0.25, -0.2) is 15.0 Å². The average molecular weight is 512 g/mol. The van der Waals surface area contributed by atoms with E-state index in [0.717, 1.165) is 24.4 Å². The van der Waals surface area contributed by atoms with Crippen molar-refractivity contribution in [3.05, 3.63) is 85.3 Å². The second-order valence-corrected chi connectivity index (χ2v) is 8.64. The fourth-order valence-corrected chi connectivity index (χ4v) is 3.48. The van der Waals surface area contributed by atoms with Crippen molar-refractivity contribution in [2.24, 2.45) is 0 Å². The maximum absolute atomic E-state index is 12.3. The molecule has 0 aliphatic carbocycles. The summed E-state index contributed by atoms with van der Waals surface area (Å²) in [6, 6.07) is 18.7. The monoisotopic (exact) mass is 511 g/mol. The normalized spacial score (nSPS) is 11.0. The van der Waals surface area contributed by atoms with Crippen LogP contribution in [0.2, 0.25) is 0 Å². The average Bonchev–Trinajstić information content (AvgIpc) is 2.92. The molecule has 0 fully saturated rings. The van der Waals surface area contributed by atoms with Gasteiger partial charge < -0.3 is 25.6 Å². The van der Waals surface area contributed by atoms with Crippen LogP contribution in [0.25, 0.3) is 10.9 Å². The Labute approximate surface area is 220 Å². The number of fused-ring (bicyclic) bond motifs is 1. The Bertz CT molecular complexity index is 1410. The van der Waals surface area contributed by atoms with Crippen molar-refractivity contribution in [3.8, 4) is 11.5 Å². The number of nitrogens with zero attached hydrogens (tertiary/aromatic N) is 4. The van der Waals surface area contributed by atoms with E-state index in [-0.39, 0.29) is 5.91 Å². The van der Waals surface area contributed by atoms with Gasteiger partial charge in [-0.05, 0) is 69.5 Å². The summed E-state index contributed by atoms with van der Waals surface area (Å²) in [6.45, 7) is 1.40. The molecular weight excluding hydrogens is 482 g/mol. The number of amides is 2. The summed E-state index contributed by atoms with van der Waals surface area (Å²) >= 11 is 0. The molecule has 10 nitrogen and oxygen atoms in total. The van der Waals surface area contributed by atoms with Crippen molar-refractivity contribution in [1.82, 2.24) is 25.2 Å². The number of hydrogen-bond acceptors (Lipinski definition) is 8. The summed E-state index contributed by atoms with van der Waals surface area (Å²) < 4.78 is 5.84. The smallest absolute Gasteiger partial charge is 0.249 e. The van der Waals surface area contributed by atoms with E-state index in [1.807, 2.05) is 73.6 Å². The molecule has 194 valence electrons. The Morgan fingerprint density at radius 2 is 1.66 bits per heavy atom. The molecule has 2 heterocycles. The lowest BCUT2D eigenvalue weighted by Crippen LogP contribution is -2.25. The summed E-state index contributed by atoms with van der Waals surface area (Å²) in [7, 11) is 3.94. The second kappa shape index (κ2) is 12.9. The van der Waals surface area contributed by atoms with Gasteiger partial charge in [-0.15, -0.1) is 0 Å². The molecule has 0 bridgehead atoms. The summed E-state index contributed by atoms with van der Waals surface area (Å²) in [6.07, 6.45) is 6.19. The van der Waals surface area contributed by atoms with Crippen LogP contribution in [0.15, 0.2) is 85.3 Å². The highest BCUT2D eigenvalue weighted by molar-refractivity contribution is 6.04. The van der Waals surface area contributed by atoms with E-state index < -0.39 is 5.91 Å². The SMILES string of the molecule is CN(C)CCCNC(=O)C=CC(=O)Nc1cc2c(Nc3ccc(Oc4ccccc4)cc3)ncnc2cn1. The van der Waals surface area contributed by atoms with Crippen LogP contribution in [-0.4, -0.2) is 58.9 Å². The molecular formula is C28H29N7O3. The van der Waals surface area contributed by atoms with Gasteiger partial charge >= 0.3 is 0 Å². The van der Waals surface area contributed by atoms with Gasteiger partial charge in [-0.1, -0.05) is 18.2 Å². The van der Waals surface area contributed by atoms with Crippen LogP contribution < -0.4 is 20.7 Å². The van der Waals surface area contributed by atoms with E-state index >= 15 is 0 Å². The van der Waals surface area contributed by atoms with Crippen LogP contribution >= 0.6 is 0 Å². The lowest BCUT2D eigenvalue weighted by atomic mass is 10.2. The fourth-order valence-electron chi connectivity index (χ4n) is 3.48.